The number of aliphatic hydroxyl groups is 1. The summed E-state index contributed by atoms with van der Waals surface area (Å²) in [4.78, 5) is 4.75. The quantitative estimate of drug-likeness (QED) is 0.885. The average Bonchev–Trinajstić information content (AvgIpc) is 2.82. The minimum atomic E-state index is -0.418. The first kappa shape index (κ1) is 15.4. The molecule has 2 rings (SSSR count). The Morgan fingerprint density at radius 1 is 1.35 bits per heavy atom. The maximum Gasteiger partial charge on any atom is 0.151 e. The molecule has 1 aliphatic rings. The highest BCUT2D eigenvalue weighted by Gasteiger charge is 2.36. The van der Waals surface area contributed by atoms with Gasteiger partial charge in [-0.05, 0) is 39.5 Å². The third-order valence-corrected chi connectivity index (χ3v) is 3.84. The molecule has 0 saturated heterocycles. The fraction of sp³-hybridized carbons (Fsp3) is 0.867. The predicted octanol–water partition coefficient (Wildman–Crippen LogP) is 1.80. The maximum absolute atomic E-state index is 9.89. The largest absolute Gasteiger partial charge is 0.391 e. The molecule has 1 fully saturated rings. The van der Waals surface area contributed by atoms with Crippen LogP contribution in [-0.2, 0) is 12.0 Å². The minimum absolute atomic E-state index is 0.102. The molecule has 3 atom stereocenters. The van der Waals surface area contributed by atoms with Crippen LogP contribution in [0.5, 0.6) is 0 Å². The molecule has 0 aromatic carbocycles. The first-order valence-corrected chi connectivity index (χ1v) is 7.58. The van der Waals surface area contributed by atoms with E-state index in [0.717, 1.165) is 24.5 Å². The summed E-state index contributed by atoms with van der Waals surface area (Å²) in [5.41, 5.74) is 5.84. The van der Waals surface area contributed by atoms with E-state index in [-0.39, 0.29) is 17.5 Å². The van der Waals surface area contributed by atoms with Crippen LogP contribution in [0.1, 0.15) is 65.0 Å². The monoisotopic (exact) mass is 280 g/mol. The zero-order chi connectivity index (χ0) is 15.1. The van der Waals surface area contributed by atoms with Gasteiger partial charge in [-0.25, -0.2) is 9.67 Å². The van der Waals surface area contributed by atoms with Gasteiger partial charge in [0.05, 0.1) is 11.6 Å². The van der Waals surface area contributed by atoms with Crippen molar-refractivity contribution in [1.82, 2.24) is 14.8 Å². The normalized spacial score (nSPS) is 27.5. The topological polar surface area (TPSA) is 77.0 Å². The Hall–Kier alpha value is -0.940. The fourth-order valence-corrected chi connectivity index (χ4v) is 2.84. The number of aliphatic hydroxyl groups excluding tert-OH is 1. The lowest BCUT2D eigenvalue weighted by Gasteiger charge is -2.23. The molecular weight excluding hydrogens is 252 g/mol. The lowest BCUT2D eigenvalue weighted by Crippen LogP contribution is -2.28. The second-order valence-corrected chi connectivity index (χ2v) is 7.47. The smallest absolute Gasteiger partial charge is 0.151 e. The van der Waals surface area contributed by atoms with Gasteiger partial charge in [-0.1, -0.05) is 13.8 Å². The van der Waals surface area contributed by atoms with Crippen molar-refractivity contribution in [1.29, 1.82) is 0 Å². The van der Waals surface area contributed by atoms with Crippen molar-refractivity contribution in [3.05, 3.63) is 11.6 Å². The van der Waals surface area contributed by atoms with Gasteiger partial charge in [0.25, 0.3) is 0 Å². The molecule has 0 amide bonds. The molecule has 0 spiro atoms. The molecule has 3 N–H and O–H groups in total. The molecular formula is C15H28N4O. The summed E-state index contributed by atoms with van der Waals surface area (Å²) in [6, 6.07) is -0.140. The highest BCUT2D eigenvalue weighted by molar-refractivity contribution is 5.09. The SMILES string of the molecule is CC(C)Cc1nc([C@H]2C[C@@H](N)[C@H](O)C2)n(C(C)(C)C)n1. The Morgan fingerprint density at radius 3 is 2.45 bits per heavy atom. The first-order valence-electron chi connectivity index (χ1n) is 7.58. The lowest BCUT2D eigenvalue weighted by molar-refractivity contribution is 0.163. The van der Waals surface area contributed by atoms with Crippen molar-refractivity contribution in [3.8, 4) is 0 Å². The summed E-state index contributed by atoms with van der Waals surface area (Å²) >= 11 is 0. The molecule has 0 bridgehead atoms. The van der Waals surface area contributed by atoms with Crippen molar-refractivity contribution in [3.63, 3.8) is 0 Å². The summed E-state index contributed by atoms with van der Waals surface area (Å²) in [5.74, 6) is 2.64. The van der Waals surface area contributed by atoms with Crippen LogP contribution in [0.25, 0.3) is 0 Å². The van der Waals surface area contributed by atoms with Gasteiger partial charge < -0.3 is 10.8 Å². The number of hydrogen-bond donors (Lipinski definition) is 2. The van der Waals surface area contributed by atoms with Gasteiger partial charge in [0.15, 0.2) is 5.82 Å². The predicted molar refractivity (Wildman–Crippen MR) is 79.5 cm³/mol. The summed E-state index contributed by atoms with van der Waals surface area (Å²) in [6.07, 6.45) is 1.95. The highest BCUT2D eigenvalue weighted by atomic mass is 16.3. The molecule has 0 aliphatic heterocycles. The average molecular weight is 280 g/mol. The highest BCUT2D eigenvalue weighted by Crippen LogP contribution is 2.34. The van der Waals surface area contributed by atoms with Crippen molar-refractivity contribution < 1.29 is 5.11 Å². The van der Waals surface area contributed by atoms with Crippen LogP contribution in [-0.4, -0.2) is 32.0 Å². The first-order chi connectivity index (χ1) is 9.18. The van der Waals surface area contributed by atoms with Gasteiger partial charge in [0.2, 0.25) is 0 Å². The number of nitrogens with two attached hydrogens (primary N) is 1. The molecule has 0 unspecified atom stereocenters. The van der Waals surface area contributed by atoms with Crippen LogP contribution >= 0.6 is 0 Å². The Balaban J connectivity index is 2.33. The number of rotatable bonds is 3. The van der Waals surface area contributed by atoms with Crippen LogP contribution < -0.4 is 5.73 Å². The minimum Gasteiger partial charge on any atom is -0.391 e. The second-order valence-electron chi connectivity index (χ2n) is 7.47. The van der Waals surface area contributed by atoms with Crippen LogP contribution in [0.15, 0.2) is 0 Å². The van der Waals surface area contributed by atoms with Crippen LogP contribution in [0, 0.1) is 5.92 Å². The molecule has 5 nitrogen and oxygen atoms in total. The molecule has 1 heterocycles. The summed E-state index contributed by atoms with van der Waals surface area (Å²) in [7, 11) is 0. The van der Waals surface area contributed by atoms with Crippen LogP contribution in [0.2, 0.25) is 0 Å². The van der Waals surface area contributed by atoms with E-state index in [1.807, 2.05) is 4.68 Å². The lowest BCUT2D eigenvalue weighted by atomic mass is 10.0. The van der Waals surface area contributed by atoms with Gasteiger partial charge in [0.1, 0.15) is 5.82 Å². The van der Waals surface area contributed by atoms with Crippen molar-refractivity contribution in [2.45, 2.75) is 77.5 Å². The zero-order valence-corrected chi connectivity index (χ0v) is 13.3. The molecule has 0 radical (unpaired) electrons. The van der Waals surface area contributed by atoms with Gasteiger partial charge in [0, 0.05) is 18.4 Å². The Kier molecular flexibility index (Phi) is 4.21. The van der Waals surface area contributed by atoms with E-state index in [1.54, 1.807) is 0 Å². The number of nitrogens with zero attached hydrogens (tertiary/aromatic N) is 3. The molecule has 1 saturated carbocycles. The molecule has 1 aromatic rings. The van der Waals surface area contributed by atoms with E-state index in [9.17, 15) is 5.11 Å². The summed E-state index contributed by atoms with van der Waals surface area (Å²) < 4.78 is 2.03. The van der Waals surface area contributed by atoms with Gasteiger partial charge in [-0.3, -0.25) is 0 Å². The standard InChI is InChI=1S/C15H28N4O/c1-9(2)6-13-17-14(19(18-13)15(3,4)5)10-7-11(16)12(20)8-10/h9-12,20H,6-8,16H2,1-5H3/t10-,11+,12+/m0/s1. The second kappa shape index (κ2) is 5.45. The van der Waals surface area contributed by atoms with E-state index in [1.165, 1.54) is 0 Å². The summed E-state index contributed by atoms with van der Waals surface area (Å²) in [6.45, 7) is 10.8. The van der Waals surface area contributed by atoms with E-state index in [0.29, 0.717) is 12.3 Å². The van der Waals surface area contributed by atoms with E-state index < -0.39 is 6.10 Å². The Labute approximate surface area is 121 Å². The van der Waals surface area contributed by atoms with Crippen LogP contribution in [0.4, 0.5) is 0 Å². The number of aromatic nitrogens is 3. The Bertz CT molecular complexity index is 451. The molecule has 1 aliphatic carbocycles. The maximum atomic E-state index is 9.89. The Morgan fingerprint density at radius 2 is 2.00 bits per heavy atom. The molecule has 5 heteroatoms. The van der Waals surface area contributed by atoms with Crippen LogP contribution in [0.3, 0.4) is 0 Å². The van der Waals surface area contributed by atoms with Gasteiger partial charge >= 0.3 is 0 Å². The fourth-order valence-electron chi connectivity index (χ4n) is 2.84. The van der Waals surface area contributed by atoms with Crippen molar-refractivity contribution in [2.75, 3.05) is 0 Å². The third-order valence-electron chi connectivity index (χ3n) is 3.84. The molecule has 1 aromatic heterocycles. The molecule has 114 valence electrons. The number of hydrogen-bond acceptors (Lipinski definition) is 4. The van der Waals surface area contributed by atoms with Gasteiger partial charge in [-0.15, -0.1) is 0 Å². The third kappa shape index (κ3) is 3.20. The van der Waals surface area contributed by atoms with E-state index in [2.05, 4.69) is 34.6 Å². The zero-order valence-electron chi connectivity index (χ0n) is 13.3. The van der Waals surface area contributed by atoms with E-state index >= 15 is 0 Å². The van der Waals surface area contributed by atoms with Gasteiger partial charge in [-0.2, -0.15) is 5.10 Å². The van der Waals surface area contributed by atoms with Crippen molar-refractivity contribution >= 4 is 0 Å². The summed E-state index contributed by atoms with van der Waals surface area (Å²) in [5, 5.41) is 14.6. The molecule has 20 heavy (non-hydrogen) atoms. The van der Waals surface area contributed by atoms with Crippen molar-refractivity contribution in [2.24, 2.45) is 11.7 Å². The van der Waals surface area contributed by atoms with E-state index in [4.69, 9.17) is 15.8 Å².